The number of carbonyl (C=O) groups is 2. The van der Waals surface area contributed by atoms with Gasteiger partial charge < -0.3 is 19.0 Å². The van der Waals surface area contributed by atoms with E-state index in [9.17, 15) is 18.0 Å². The molecule has 4 aromatic rings. The highest BCUT2D eigenvalue weighted by atomic mass is 19.4. The molecular formula is C24H21F3N4O4. The Kier molecular flexibility index (Phi) is 6.50. The van der Waals surface area contributed by atoms with Gasteiger partial charge in [-0.3, -0.25) is 9.48 Å². The molecule has 0 radical (unpaired) electrons. The van der Waals surface area contributed by atoms with Crippen LogP contribution in [0, 0.1) is 0 Å². The lowest BCUT2D eigenvalue weighted by molar-refractivity contribution is -0.192. The Hall–Kier alpha value is -4.28. The molecule has 1 amide bonds. The average Bonchev–Trinajstić information content (AvgIpc) is 3.53. The molecule has 11 heteroatoms. The van der Waals surface area contributed by atoms with E-state index in [2.05, 4.69) is 22.8 Å². The monoisotopic (exact) mass is 486 g/mol. The van der Waals surface area contributed by atoms with Crippen molar-refractivity contribution >= 4 is 11.9 Å². The molecule has 1 aliphatic heterocycles. The van der Waals surface area contributed by atoms with E-state index in [4.69, 9.17) is 19.4 Å². The number of halogens is 3. The number of hydrogen-bond acceptors (Lipinski definition) is 4. The Morgan fingerprint density at radius 2 is 1.80 bits per heavy atom. The lowest BCUT2D eigenvalue weighted by Crippen LogP contribution is -2.29. The molecule has 0 saturated heterocycles. The Morgan fingerprint density at radius 1 is 1.09 bits per heavy atom. The highest BCUT2D eigenvalue weighted by molar-refractivity contribution is 5.91. The normalized spacial score (nSPS) is 12.7. The Labute approximate surface area is 197 Å². The number of nitrogens with zero attached hydrogens (tertiary/aromatic N) is 4. The molecule has 1 aromatic carbocycles. The third kappa shape index (κ3) is 5.29. The highest BCUT2D eigenvalue weighted by Gasteiger charge is 2.38. The molecule has 0 atom stereocenters. The van der Waals surface area contributed by atoms with Crippen LogP contribution in [-0.4, -0.2) is 42.4 Å². The summed E-state index contributed by atoms with van der Waals surface area (Å²) < 4.78 is 41.1. The topological polar surface area (TPSA) is 93.5 Å². The number of benzene rings is 1. The summed E-state index contributed by atoms with van der Waals surface area (Å²) in [6, 6.07) is 15.8. The molecule has 0 saturated carbocycles. The van der Waals surface area contributed by atoms with E-state index in [1.807, 2.05) is 47.2 Å². The number of carboxylic acid groups (broad SMARTS) is 1. The Morgan fingerprint density at radius 3 is 2.43 bits per heavy atom. The van der Waals surface area contributed by atoms with Gasteiger partial charge in [-0.2, -0.15) is 18.3 Å². The fourth-order valence-electron chi connectivity index (χ4n) is 3.77. The van der Waals surface area contributed by atoms with Gasteiger partial charge in [-0.05, 0) is 23.8 Å². The van der Waals surface area contributed by atoms with Crippen molar-refractivity contribution in [2.24, 2.45) is 7.05 Å². The summed E-state index contributed by atoms with van der Waals surface area (Å²) in [5.74, 6) is -2.51. The molecule has 0 unspecified atom stereocenters. The number of carboxylic acids is 1. The molecule has 3 aromatic heterocycles. The van der Waals surface area contributed by atoms with Crippen LogP contribution in [0.2, 0.25) is 0 Å². The molecule has 35 heavy (non-hydrogen) atoms. The second-order valence-corrected chi connectivity index (χ2v) is 7.91. The number of furan rings is 1. The fourth-order valence-corrected chi connectivity index (χ4v) is 3.77. The van der Waals surface area contributed by atoms with Crippen molar-refractivity contribution < 1.29 is 32.3 Å². The number of alkyl halides is 3. The zero-order valence-corrected chi connectivity index (χ0v) is 18.6. The number of fused-ring (bicyclic) bond motifs is 3. The maximum atomic E-state index is 13.0. The molecule has 0 fully saturated rings. The van der Waals surface area contributed by atoms with Gasteiger partial charge in [0.05, 0.1) is 31.6 Å². The second-order valence-electron chi connectivity index (χ2n) is 7.91. The summed E-state index contributed by atoms with van der Waals surface area (Å²) in [7, 11) is 2.00. The van der Waals surface area contributed by atoms with Gasteiger partial charge in [0, 0.05) is 36.3 Å². The molecule has 0 bridgehead atoms. The predicted molar refractivity (Wildman–Crippen MR) is 118 cm³/mol. The third-order valence-electron chi connectivity index (χ3n) is 5.44. The first-order valence-electron chi connectivity index (χ1n) is 10.5. The highest BCUT2D eigenvalue weighted by Crippen LogP contribution is 2.33. The van der Waals surface area contributed by atoms with Crippen LogP contribution in [-0.2, 0) is 31.5 Å². The van der Waals surface area contributed by atoms with Crippen molar-refractivity contribution in [2.75, 3.05) is 0 Å². The standard InChI is InChI=1S/C22H20N4O2.C2HF3O2/c1-24-10-9-18-19(24)15-25(22(27)20-8-5-11-28-20)13-17-14-26(23-21(17)18)12-16-6-3-2-4-7-16;3-2(4,5)1(6)7/h2-11,14H,12-13,15H2,1H3;(H,6,7). The first-order valence-corrected chi connectivity index (χ1v) is 10.5. The number of rotatable bonds is 3. The molecule has 4 heterocycles. The van der Waals surface area contributed by atoms with Crippen molar-refractivity contribution in [1.82, 2.24) is 19.2 Å². The zero-order valence-electron chi connectivity index (χ0n) is 18.6. The third-order valence-corrected chi connectivity index (χ3v) is 5.44. The number of amides is 1. The minimum Gasteiger partial charge on any atom is -0.475 e. The Balaban J connectivity index is 0.000000364. The quantitative estimate of drug-likeness (QED) is 0.466. The predicted octanol–water partition coefficient (Wildman–Crippen LogP) is 4.32. The molecule has 1 N–H and O–H groups in total. The van der Waals surface area contributed by atoms with Gasteiger partial charge in [0.1, 0.15) is 0 Å². The van der Waals surface area contributed by atoms with E-state index in [0.717, 1.165) is 22.5 Å². The van der Waals surface area contributed by atoms with E-state index in [1.54, 1.807) is 12.1 Å². The van der Waals surface area contributed by atoms with Crippen LogP contribution in [0.3, 0.4) is 0 Å². The van der Waals surface area contributed by atoms with Crippen molar-refractivity contribution in [1.29, 1.82) is 0 Å². The number of aromatic nitrogens is 3. The van der Waals surface area contributed by atoms with Crippen molar-refractivity contribution in [3.63, 3.8) is 0 Å². The minimum absolute atomic E-state index is 0.110. The summed E-state index contributed by atoms with van der Waals surface area (Å²) in [4.78, 5) is 23.7. The maximum Gasteiger partial charge on any atom is 0.490 e. The number of aryl methyl sites for hydroxylation is 1. The van der Waals surface area contributed by atoms with Crippen LogP contribution < -0.4 is 0 Å². The van der Waals surface area contributed by atoms with Gasteiger partial charge in [-0.1, -0.05) is 30.3 Å². The number of hydrogen-bond donors (Lipinski definition) is 1. The summed E-state index contributed by atoms with van der Waals surface area (Å²) in [5.41, 5.74) is 5.33. The van der Waals surface area contributed by atoms with Gasteiger partial charge in [-0.25, -0.2) is 4.79 Å². The Bertz CT molecular complexity index is 1320. The average molecular weight is 486 g/mol. The number of carbonyl (C=O) groups excluding carboxylic acids is 1. The van der Waals surface area contributed by atoms with Gasteiger partial charge >= 0.3 is 12.1 Å². The first kappa shape index (κ1) is 23.9. The van der Waals surface area contributed by atoms with Gasteiger partial charge in [0.2, 0.25) is 0 Å². The second kappa shape index (κ2) is 9.53. The molecule has 8 nitrogen and oxygen atoms in total. The van der Waals surface area contributed by atoms with Crippen LogP contribution in [0.5, 0.6) is 0 Å². The van der Waals surface area contributed by atoms with Gasteiger partial charge in [0.15, 0.2) is 5.76 Å². The summed E-state index contributed by atoms with van der Waals surface area (Å²) >= 11 is 0. The summed E-state index contributed by atoms with van der Waals surface area (Å²) in [5, 5.41) is 12.0. The van der Waals surface area contributed by atoms with Crippen LogP contribution in [0.15, 0.2) is 71.6 Å². The molecule has 182 valence electrons. The van der Waals surface area contributed by atoms with E-state index >= 15 is 0 Å². The van der Waals surface area contributed by atoms with Gasteiger partial charge in [0.25, 0.3) is 5.91 Å². The molecule has 0 aliphatic carbocycles. The van der Waals surface area contributed by atoms with Crippen LogP contribution in [0.1, 0.15) is 27.4 Å². The van der Waals surface area contributed by atoms with Crippen molar-refractivity contribution in [3.05, 3.63) is 89.8 Å². The van der Waals surface area contributed by atoms with E-state index in [-0.39, 0.29) is 5.91 Å². The lowest BCUT2D eigenvalue weighted by Gasteiger charge is -2.20. The van der Waals surface area contributed by atoms with E-state index in [1.165, 1.54) is 11.8 Å². The minimum atomic E-state index is -5.08. The largest absolute Gasteiger partial charge is 0.490 e. The van der Waals surface area contributed by atoms with Gasteiger partial charge in [-0.15, -0.1) is 0 Å². The van der Waals surface area contributed by atoms with Crippen LogP contribution in [0.4, 0.5) is 13.2 Å². The summed E-state index contributed by atoms with van der Waals surface area (Å²) in [6.45, 7) is 1.72. The molecule has 0 spiro atoms. The smallest absolute Gasteiger partial charge is 0.475 e. The van der Waals surface area contributed by atoms with Crippen LogP contribution in [0.25, 0.3) is 11.3 Å². The first-order chi connectivity index (χ1) is 16.6. The van der Waals surface area contributed by atoms with E-state index < -0.39 is 12.1 Å². The SMILES string of the molecule is Cn1ccc2c1CN(C(=O)c1ccco1)Cc1cn(Cc3ccccc3)nc1-2.O=C(O)C(F)(F)F. The van der Waals surface area contributed by atoms with E-state index in [0.29, 0.717) is 25.4 Å². The van der Waals surface area contributed by atoms with Crippen molar-refractivity contribution in [3.8, 4) is 11.3 Å². The fraction of sp³-hybridized carbons (Fsp3) is 0.208. The molecular weight excluding hydrogens is 465 g/mol. The van der Waals surface area contributed by atoms with Crippen molar-refractivity contribution in [2.45, 2.75) is 25.8 Å². The van der Waals surface area contributed by atoms with Crippen LogP contribution >= 0.6 is 0 Å². The molecule has 1 aliphatic rings. The molecule has 5 rings (SSSR count). The number of aliphatic carboxylic acids is 1. The maximum absolute atomic E-state index is 13.0. The zero-order chi connectivity index (χ0) is 25.2. The summed E-state index contributed by atoms with van der Waals surface area (Å²) in [6.07, 6.45) is 0.515. The lowest BCUT2D eigenvalue weighted by atomic mass is 10.1.